The lowest BCUT2D eigenvalue weighted by atomic mass is 9.87. The molecule has 1 saturated heterocycles. The quantitative estimate of drug-likeness (QED) is 0.881. The summed E-state index contributed by atoms with van der Waals surface area (Å²) in [5.74, 6) is -0.0311. The van der Waals surface area contributed by atoms with E-state index in [9.17, 15) is 9.90 Å². The van der Waals surface area contributed by atoms with E-state index in [0.29, 0.717) is 6.42 Å². The zero-order valence-electron chi connectivity index (χ0n) is 13.1. The summed E-state index contributed by atoms with van der Waals surface area (Å²) in [4.78, 5) is 18.9. The fourth-order valence-electron chi connectivity index (χ4n) is 3.70. The van der Waals surface area contributed by atoms with Crippen molar-refractivity contribution >= 4 is 17.2 Å². The number of likely N-dealkylation sites (tertiary alicyclic amines) is 1. The summed E-state index contributed by atoms with van der Waals surface area (Å²) in [6.45, 7) is 4.11. The molecule has 1 aromatic heterocycles. The van der Waals surface area contributed by atoms with Crippen molar-refractivity contribution in [2.24, 2.45) is 0 Å². The third-order valence-corrected chi connectivity index (χ3v) is 5.61. The Morgan fingerprint density at radius 1 is 1.41 bits per heavy atom. The maximum Gasteiger partial charge on any atom is 0.226 e. The second-order valence-electron chi connectivity index (χ2n) is 6.44. The van der Waals surface area contributed by atoms with Crippen LogP contribution >= 0.6 is 11.3 Å². The van der Waals surface area contributed by atoms with Crippen molar-refractivity contribution in [1.29, 1.82) is 0 Å². The zero-order chi connectivity index (χ0) is 15.5. The molecule has 1 amide bonds. The minimum atomic E-state index is -0.451. The number of amides is 1. The summed E-state index contributed by atoms with van der Waals surface area (Å²) in [5.41, 5.74) is 0.821. The molecule has 1 aliphatic carbocycles. The molecule has 0 bridgehead atoms. The van der Waals surface area contributed by atoms with Crippen LogP contribution in [-0.2, 0) is 11.2 Å². The number of aromatic nitrogens is 1. The van der Waals surface area contributed by atoms with Gasteiger partial charge in [0.25, 0.3) is 0 Å². The maximum atomic E-state index is 12.2. The van der Waals surface area contributed by atoms with Crippen molar-refractivity contribution in [1.82, 2.24) is 15.2 Å². The predicted octanol–water partition coefficient (Wildman–Crippen LogP) is 1.49. The molecule has 2 fully saturated rings. The monoisotopic (exact) mass is 323 g/mol. The summed E-state index contributed by atoms with van der Waals surface area (Å²) in [6, 6.07) is 0.0923. The molecule has 22 heavy (non-hydrogen) atoms. The topological polar surface area (TPSA) is 65.5 Å². The second-order valence-corrected chi connectivity index (χ2v) is 7.50. The van der Waals surface area contributed by atoms with Crippen molar-refractivity contribution in [3.05, 3.63) is 16.1 Å². The van der Waals surface area contributed by atoms with Crippen LogP contribution in [0, 0.1) is 6.92 Å². The fraction of sp³-hybridized carbons (Fsp3) is 0.750. The highest BCUT2D eigenvalue weighted by molar-refractivity contribution is 7.09. The molecule has 2 heterocycles. The smallest absolute Gasteiger partial charge is 0.226 e. The molecule has 122 valence electrons. The number of carbonyl (C=O) groups is 1. The lowest BCUT2D eigenvalue weighted by Crippen LogP contribution is -2.56. The maximum absolute atomic E-state index is 12.2. The molecule has 2 aliphatic rings. The molecule has 6 heteroatoms. The van der Waals surface area contributed by atoms with Gasteiger partial charge in [-0.05, 0) is 52.1 Å². The van der Waals surface area contributed by atoms with E-state index in [4.69, 9.17) is 0 Å². The van der Waals surface area contributed by atoms with Crippen LogP contribution in [0.1, 0.15) is 42.8 Å². The van der Waals surface area contributed by atoms with Gasteiger partial charge in [-0.25, -0.2) is 4.98 Å². The summed E-state index contributed by atoms with van der Waals surface area (Å²) in [7, 11) is 0. The number of nitrogens with one attached hydrogen (secondary N) is 1. The summed E-state index contributed by atoms with van der Waals surface area (Å²) in [6.07, 6.45) is 5.29. The van der Waals surface area contributed by atoms with Crippen LogP contribution in [0.2, 0.25) is 0 Å². The number of nitrogens with zero attached hydrogens (tertiary/aromatic N) is 2. The van der Waals surface area contributed by atoms with Gasteiger partial charge < -0.3 is 10.4 Å². The van der Waals surface area contributed by atoms with Gasteiger partial charge in [-0.1, -0.05) is 0 Å². The SMILES string of the molecule is Cc1nc(CC(=O)N[C@@H]2CCC[C@@H](N3CCCC3)[C@@H]2O)cs1. The lowest BCUT2D eigenvalue weighted by Gasteiger charge is -2.40. The fourth-order valence-corrected chi connectivity index (χ4v) is 4.31. The van der Waals surface area contributed by atoms with Crippen LogP contribution in [0.25, 0.3) is 0 Å². The average molecular weight is 323 g/mol. The highest BCUT2D eigenvalue weighted by atomic mass is 32.1. The van der Waals surface area contributed by atoms with E-state index in [-0.39, 0.29) is 18.0 Å². The molecule has 1 aromatic rings. The number of carbonyl (C=O) groups excluding carboxylic acids is 1. The van der Waals surface area contributed by atoms with Gasteiger partial charge in [0, 0.05) is 11.4 Å². The Hall–Kier alpha value is -0.980. The van der Waals surface area contributed by atoms with E-state index in [1.807, 2.05) is 12.3 Å². The number of hydrogen-bond acceptors (Lipinski definition) is 5. The van der Waals surface area contributed by atoms with Gasteiger partial charge in [0.1, 0.15) is 0 Å². The largest absolute Gasteiger partial charge is 0.389 e. The van der Waals surface area contributed by atoms with E-state index in [0.717, 1.165) is 43.1 Å². The zero-order valence-corrected chi connectivity index (χ0v) is 13.9. The molecule has 5 nitrogen and oxygen atoms in total. The minimum absolute atomic E-state index is 0.0311. The number of aliphatic hydroxyl groups is 1. The van der Waals surface area contributed by atoms with Gasteiger partial charge in [-0.3, -0.25) is 9.69 Å². The first-order valence-electron chi connectivity index (χ1n) is 8.26. The van der Waals surface area contributed by atoms with Gasteiger partial charge >= 0.3 is 0 Å². The number of aliphatic hydroxyl groups excluding tert-OH is 1. The van der Waals surface area contributed by atoms with Crippen LogP contribution in [0.4, 0.5) is 0 Å². The number of rotatable bonds is 4. The highest BCUT2D eigenvalue weighted by Crippen LogP contribution is 2.26. The van der Waals surface area contributed by atoms with Gasteiger partial charge in [0.2, 0.25) is 5.91 Å². The molecule has 1 aliphatic heterocycles. The van der Waals surface area contributed by atoms with Crippen LogP contribution in [0.3, 0.4) is 0 Å². The average Bonchev–Trinajstić information content (AvgIpc) is 3.13. The Labute approximate surface area is 135 Å². The van der Waals surface area contributed by atoms with E-state index in [2.05, 4.69) is 15.2 Å². The van der Waals surface area contributed by atoms with Crippen LogP contribution < -0.4 is 5.32 Å². The van der Waals surface area contributed by atoms with Crippen LogP contribution in [0.5, 0.6) is 0 Å². The molecule has 3 atom stereocenters. The molecule has 3 rings (SSSR count). The van der Waals surface area contributed by atoms with E-state index in [1.165, 1.54) is 12.8 Å². The van der Waals surface area contributed by atoms with Crippen molar-refractivity contribution < 1.29 is 9.90 Å². The van der Waals surface area contributed by atoms with Gasteiger partial charge in [0.05, 0.1) is 29.3 Å². The molecule has 0 aromatic carbocycles. The number of aryl methyl sites for hydroxylation is 1. The summed E-state index contributed by atoms with van der Waals surface area (Å²) >= 11 is 1.56. The molecule has 0 unspecified atom stereocenters. The Balaban J connectivity index is 1.55. The lowest BCUT2D eigenvalue weighted by molar-refractivity contribution is -0.123. The first kappa shape index (κ1) is 15.9. The molecular weight excluding hydrogens is 298 g/mol. The summed E-state index contributed by atoms with van der Waals surface area (Å²) < 4.78 is 0. The van der Waals surface area contributed by atoms with Crippen molar-refractivity contribution in [3.8, 4) is 0 Å². The number of hydrogen-bond donors (Lipinski definition) is 2. The van der Waals surface area contributed by atoms with E-state index in [1.54, 1.807) is 11.3 Å². The van der Waals surface area contributed by atoms with Gasteiger partial charge in [-0.15, -0.1) is 11.3 Å². The summed E-state index contributed by atoms with van der Waals surface area (Å²) in [5, 5.41) is 16.6. The Bertz CT molecular complexity index is 513. The standard InChI is InChI=1S/C16H25N3O2S/c1-11-17-12(10-22-11)9-15(20)18-13-5-4-6-14(16(13)21)19-7-2-3-8-19/h10,13-14,16,21H,2-9H2,1H3,(H,18,20)/t13-,14-,16-/m1/s1. The van der Waals surface area contributed by atoms with Crippen molar-refractivity contribution in [2.45, 2.75) is 63.6 Å². The van der Waals surface area contributed by atoms with E-state index < -0.39 is 6.10 Å². The van der Waals surface area contributed by atoms with E-state index >= 15 is 0 Å². The van der Waals surface area contributed by atoms with Crippen LogP contribution in [-0.4, -0.2) is 52.2 Å². The molecule has 2 N–H and O–H groups in total. The Morgan fingerprint density at radius 3 is 2.86 bits per heavy atom. The van der Waals surface area contributed by atoms with Gasteiger partial charge in [-0.2, -0.15) is 0 Å². The minimum Gasteiger partial charge on any atom is -0.389 e. The molecule has 0 radical (unpaired) electrons. The molecule has 1 saturated carbocycles. The molecule has 0 spiro atoms. The van der Waals surface area contributed by atoms with Crippen LogP contribution in [0.15, 0.2) is 5.38 Å². The highest BCUT2D eigenvalue weighted by Gasteiger charge is 2.36. The second kappa shape index (κ2) is 7.06. The third kappa shape index (κ3) is 3.67. The molecular formula is C16H25N3O2S. The Morgan fingerprint density at radius 2 is 2.18 bits per heavy atom. The van der Waals surface area contributed by atoms with Crippen molar-refractivity contribution in [2.75, 3.05) is 13.1 Å². The third-order valence-electron chi connectivity index (χ3n) is 4.79. The van der Waals surface area contributed by atoms with Gasteiger partial charge in [0.15, 0.2) is 0 Å². The first-order valence-corrected chi connectivity index (χ1v) is 9.14. The first-order chi connectivity index (χ1) is 10.6. The van der Waals surface area contributed by atoms with Crippen molar-refractivity contribution in [3.63, 3.8) is 0 Å². The predicted molar refractivity (Wildman–Crippen MR) is 86.9 cm³/mol. The Kier molecular flexibility index (Phi) is 5.10. The normalized spacial score (nSPS) is 29.6. The number of thiazole rings is 1.